The second-order valence-corrected chi connectivity index (χ2v) is 5.06. The second kappa shape index (κ2) is 4.11. The Morgan fingerprint density at radius 2 is 2.00 bits per heavy atom. The van der Waals surface area contributed by atoms with Crippen molar-refractivity contribution in [1.29, 1.82) is 0 Å². The number of aromatic nitrogens is 1. The van der Waals surface area contributed by atoms with E-state index >= 15 is 0 Å². The van der Waals surface area contributed by atoms with Gasteiger partial charge in [-0.25, -0.2) is 0 Å². The van der Waals surface area contributed by atoms with E-state index in [1.807, 2.05) is 25.2 Å². The van der Waals surface area contributed by atoms with Crippen LogP contribution in [0, 0.1) is 5.92 Å². The van der Waals surface area contributed by atoms with Crippen molar-refractivity contribution in [3.8, 4) is 0 Å². The first-order valence-electron chi connectivity index (χ1n) is 5.50. The summed E-state index contributed by atoms with van der Waals surface area (Å²) in [6.07, 6.45) is 2.10. The maximum atomic E-state index is 6.21. The smallest absolute Gasteiger partial charge is 0.0482 e. The Kier molecular flexibility index (Phi) is 2.96. The quantitative estimate of drug-likeness (QED) is 0.850. The summed E-state index contributed by atoms with van der Waals surface area (Å²) in [5, 5.41) is 1.92. The van der Waals surface area contributed by atoms with E-state index in [-0.39, 0.29) is 6.04 Å². The SMILES string of the molecule is CC(C)C(N)c1cn(C)c2ccc(Cl)cc12. The zero-order valence-electron chi connectivity index (χ0n) is 9.87. The van der Waals surface area contributed by atoms with E-state index in [0.717, 1.165) is 10.4 Å². The Labute approximate surface area is 101 Å². The van der Waals surface area contributed by atoms with Gasteiger partial charge in [0.1, 0.15) is 0 Å². The van der Waals surface area contributed by atoms with Gasteiger partial charge >= 0.3 is 0 Å². The summed E-state index contributed by atoms with van der Waals surface area (Å²) >= 11 is 6.03. The van der Waals surface area contributed by atoms with Crippen LogP contribution in [0.3, 0.4) is 0 Å². The summed E-state index contributed by atoms with van der Waals surface area (Å²) in [5.41, 5.74) is 8.56. The van der Waals surface area contributed by atoms with Crippen LogP contribution in [0.2, 0.25) is 5.02 Å². The van der Waals surface area contributed by atoms with Crippen LogP contribution >= 0.6 is 11.6 Å². The molecule has 2 N–H and O–H groups in total. The van der Waals surface area contributed by atoms with Gasteiger partial charge in [0.15, 0.2) is 0 Å². The van der Waals surface area contributed by atoms with Crippen molar-refractivity contribution in [3.63, 3.8) is 0 Å². The highest BCUT2D eigenvalue weighted by molar-refractivity contribution is 6.31. The van der Waals surface area contributed by atoms with Gasteiger partial charge in [0.2, 0.25) is 0 Å². The van der Waals surface area contributed by atoms with Crippen LogP contribution in [0.4, 0.5) is 0 Å². The van der Waals surface area contributed by atoms with Crippen LogP contribution in [0.25, 0.3) is 10.9 Å². The largest absolute Gasteiger partial charge is 0.350 e. The molecule has 86 valence electrons. The highest BCUT2D eigenvalue weighted by atomic mass is 35.5. The maximum Gasteiger partial charge on any atom is 0.0482 e. The fourth-order valence-corrected chi connectivity index (χ4v) is 2.19. The molecule has 2 rings (SSSR count). The fraction of sp³-hybridized carbons (Fsp3) is 0.385. The van der Waals surface area contributed by atoms with E-state index in [1.54, 1.807) is 0 Å². The summed E-state index contributed by atoms with van der Waals surface area (Å²) < 4.78 is 2.10. The number of hydrogen-bond donors (Lipinski definition) is 1. The minimum atomic E-state index is 0.0576. The molecule has 0 fully saturated rings. The molecule has 1 atom stereocenters. The lowest BCUT2D eigenvalue weighted by Crippen LogP contribution is -2.16. The van der Waals surface area contributed by atoms with E-state index in [1.165, 1.54) is 11.1 Å². The minimum absolute atomic E-state index is 0.0576. The Hall–Kier alpha value is -0.990. The molecule has 0 saturated carbocycles. The standard InChI is InChI=1S/C13H17ClN2/c1-8(2)13(15)11-7-16(3)12-5-4-9(14)6-10(11)12/h4-8,13H,15H2,1-3H3. The third-order valence-electron chi connectivity index (χ3n) is 3.06. The summed E-state index contributed by atoms with van der Waals surface area (Å²) in [6.45, 7) is 4.27. The molecule has 1 aromatic carbocycles. The summed E-state index contributed by atoms with van der Waals surface area (Å²) in [7, 11) is 2.03. The Balaban J connectivity index is 2.66. The van der Waals surface area contributed by atoms with Crippen LogP contribution in [0.5, 0.6) is 0 Å². The molecule has 0 aliphatic heterocycles. The lowest BCUT2D eigenvalue weighted by atomic mass is 9.97. The van der Waals surface area contributed by atoms with Crippen LogP contribution in [0.15, 0.2) is 24.4 Å². The molecule has 0 aliphatic carbocycles. The predicted octanol–water partition coefficient (Wildman–Crippen LogP) is 3.49. The van der Waals surface area contributed by atoms with E-state index in [2.05, 4.69) is 24.6 Å². The van der Waals surface area contributed by atoms with Crippen molar-refractivity contribution >= 4 is 22.5 Å². The van der Waals surface area contributed by atoms with Gasteiger partial charge in [-0.15, -0.1) is 0 Å². The molecule has 0 spiro atoms. The van der Waals surface area contributed by atoms with Gasteiger partial charge in [-0.3, -0.25) is 0 Å². The van der Waals surface area contributed by atoms with E-state index in [0.29, 0.717) is 5.92 Å². The lowest BCUT2D eigenvalue weighted by molar-refractivity contribution is 0.516. The average Bonchev–Trinajstić information content (AvgIpc) is 2.54. The highest BCUT2D eigenvalue weighted by Crippen LogP contribution is 2.30. The van der Waals surface area contributed by atoms with Crippen LogP contribution < -0.4 is 5.73 Å². The number of rotatable bonds is 2. The molecule has 0 bridgehead atoms. The Morgan fingerprint density at radius 1 is 1.31 bits per heavy atom. The van der Waals surface area contributed by atoms with Crippen LogP contribution in [-0.4, -0.2) is 4.57 Å². The zero-order valence-corrected chi connectivity index (χ0v) is 10.6. The van der Waals surface area contributed by atoms with Crippen molar-refractivity contribution in [1.82, 2.24) is 4.57 Å². The van der Waals surface area contributed by atoms with Gasteiger partial charge in [0.25, 0.3) is 0 Å². The first-order valence-corrected chi connectivity index (χ1v) is 5.88. The van der Waals surface area contributed by atoms with Gasteiger partial charge in [0.05, 0.1) is 0 Å². The van der Waals surface area contributed by atoms with Crippen molar-refractivity contribution in [3.05, 3.63) is 35.0 Å². The molecule has 2 nitrogen and oxygen atoms in total. The Morgan fingerprint density at radius 3 is 2.62 bits per heavy atom. The van der Waals surface area contributed by atoms with E-state index in [4.69, 9.17) is 17.3 Å². The zero-order chi connectivity index (χ0) is 11.9. The Bertz CT molecular complexity index is 514. The first kappa shape index (κ1) is 11.5. The summed E-state index contributed by atoms with van der Waals surface area (Å²) in [6, 6.07) is 6.00. The molecule has 0 amide bonds. The van der Waals surface area contributed by atoms with Gasteiger partial charge in [-0.2, -0.15) is 0 Å². The number of fused-ring (bicyclic) bond motifs is 1. The lowest BCUT2D eigenvalue weighted by Gasteiger charge is -2.14. The van der Waals surface area contributed by atoms with Crippen molar-refractivity contribution < 1.29 is 0 Å². The molecular formula is C13H17ClN2. The maximum absolute atomic E-state index is 6.21. The van der Waals surface area contributed by atoms with E-state index < -0.39 is 0 Å². The van der Waals surface area contributed by atoms with Crippen molar-refractivity contribution in [2.75, 3.05) is 0 Å². The van der Waals surface area contributed by atoms with Gasteiger partial charge in [-0.05, 0) is 29.7 Å². The number of hydrogen-bond acceptors (Lipinski definition) is 1. The first-order chi connectivity index (χ1) is 7.50. The molecule has 1 aromatic heterocycles. The van der Waals surface area contributed by atoms with Gasteiger partial charge in [-0.1, -0.05) is 25.4 Å². The number of benzene rings is 1. The third-order valence-corrected chi connectivity index (χ3v) is 3.29. The van der Waals surface area contributed by atoms with Gasteiger partial charge in [0, 0.05) is 35.2 Å². The average molecular weight is 237 g/mol. The molecule has 2 aromatic rings. The molecule has 1 heterocycles. The monoisotopic (exact) mass is 236 g/mol. The molecule has 0 aliphatic rings. The summed E-state index contributed by atoms with van der Waals surface area (Å²) in [4.78, 5) is 0. The van der Waals surface area contributed by atoms with Gasteiger partial charge < -0.3 is 10.3 Å². The number of halogens is 1. The molecular weight excluding hydrogens is 220 g/mol. The predicted molar refractivity (Wildman–Crippen MR) is 69.7 cm³/mol. The molecule has 0 saturated heterocycles. The fourth-order valence-electron chi connectivity index (χ4n) is 2.02. The minimum Gasteiger partial charge on any atom is -0.350 e. The van der Waals surface area contributed by atoms with Crippen LogP contribution in [-0.2, 0) is 7.05 Å². The normalized spacial score (nSPS) is 13.6. The van der Waals surface area contributed by atoms with Crippen molar-refractivity contribution in [2.45, 2.75) is 19.9 Å². The molecule has 0 radical (unpaired) electrons. The number of nitrogens with two attached hydrogens (primary N) is 1. The van der Waals surface area contributed by atoms with E-state index in [9.17, 15) is 0 Å². The topological polar surface area (TPSA) is 30.9 Å². The third kappa shape index (κ3) is 1.83. The number of nitrogens with zero attached hydrogens (tertiary/aromatic N) is 1. The highest BCUT2D eigenvalue weighted by Gasteiger charge is 2.16. The van der Waals surface area contributed by atoms with Crippen LogP contribution in [0.1, 0.15) is 25.5 Å². The second-order valence-electron chi connectivity index (χ2n) is 4.63. The molecule has 16 heavy (non-hydrogen) atoms. The summed E-state index contributed by atoms with van der Waals surface area (Å²) in [5.74, 6) is 0.421. The molecule has 1 unspecified atom stereocenters. The molecule has 3 heteroatoms. The van der Waals surface area contributed by atoms with Crippen molar-refractivity contribution in [2.24, 2.45) is 18.7 Å². The number of aryl methyl sites for hydroxylation is 1.